The Bertz CT molecular complexity index is 1190. The van der Waals surface area contributed by atoms with E-state index in [2.05, 4.69) is 59.5 Å². The van der Waals surface area contributed by atoms with Crippen LogP contribution in [0.25, 0.3) is 10.9 Å². The van der Waals surface area contributed by atoms with Crippen LogP contribution in [-0.4, -0.2) is 22.5 Å². The largest absolute Gasteiger partial charge is 0.487 e. The summed E-state index contributed by atoms with van der Waals surface area (Å²) in [4.78, 5) is 17.9. The molecule has 0 aliphatic rings. The Morgan fingerprint density at radius 2 is 1.83 bits per heavy atom. The lowest BCUT2D eigenvalue weighted by Crippen LogP contribution is -2.29. The van der Waals surface area contributed by atoms with Gasteiger partial charge in [0.05, 0.1) is 26.1 Å². The topological polar surface area (TPSA) is 56.5 Å². The fraction of sp³-hybridized carbons (Fsp3) is 0.227. The molecule has 1 heterocycles. The molecule has 5 nitrogen and oxygen atoms in total. The number of fused-ring (bicyclic) bond motifs is 1. The van der Waals surface area contributed by atoms with Crippen molar-refractivity contribution >= 4 is 64.9 Å². The molecule has 0 unspecified atom stereocenters. The summed E-state index contributed by atoms with van der Waals surface area (Å²) in [6.07, 6.45) is 3.31. The molecule has 2 aromatic carbocycles. The third-order valence-corrected chi connectivity index (χ3v) is 5.84. The minimum absolute atomic E-state index is 0.216. The molecule has 0 spiro atoms. The van der Waals surface area contributed by atoms with Gasteiger partial charge in [-0.2, -0.15) is 9.78 Å². The first-order chi connectivity index (χ1) is 14.1. The minimum Gasteiger partial charge on any atom is -0.487 e. The molecule has 30 heavy (non-hydrogen) atoms. The highest BCUT2D eigenvalue weighted by atomic mass is 79.9. The number of nitrogens with zero attached hydrogens (tertiary/aromatic N) is 3. The maximum absolute atomic E-state index is 13.2. The highest BCUT2D eigenvalue weighted by molar-refractivity contribution is 9.11. The summed E-state index contributed by atoms with van der Waals surface area (Å²) >= 11 is 10.5. The van der Waals surface area contributed by atoms with Gasteiger partial charge in [0.25, 0.3) is 5.56 Å². The molecule has 0 aliphatic heterocycles. The molecule has 3 rings (SSSR count). The first-order valence-corrected chi connectivity index (χ1v) is 11.5. The monoisotopic (exact) mass is 595 g/mol. The number of aromatic nitrogens is 2. The van der Waals surface area contributed by atoms with Gasteiger partial charge in [0.15, 0.2) is 0 Å². The standard InChI is InChI=1S/C22H20Br3N3O2/c1-5-8-30-19-16(24)9-13(10-17(19)25)12-26-28-20(29)15-11-14(23)6-7-18(15)27-21(28)22(2,3)4/h5-7,9-12H,1,8H2,2-4H3. The van der Waals surface area contributed by atoms with Crippen molar-refractivity contribution in [3.05, 3.63) is 78.1 Å². The zero-order valence-corrected chi connectivity index (χ0v) is 21.5. The van der Waals surface area contributed by atoms with Crippen LogP contribution in [0.15, 0.2) is 66.3 Å². The molecular formula is C22H20Br3N3O2. The zero-order chi connectivity index (χ0) is 22.1. The third-order valence-electron chi connectivity index (χ3n) is 4.17. The van der Waals surface area contributed by atoms with Gasteiger partial charge >= 0.3 is 0 Å². The van der Waals surface area contributed by atoms with E-state index in [1.54, 1.807) is 18.4 Å². The van der Waals surface area contributed by atoms with Crippen LogP contribution in [0, 0.1) is 0 Å². The van der Waals surface area contributed by atoms with E-state index in [0.717, 1.165) is 19.0 Å². The third kappa shape index (κ3) is 4.92. The van der Waals surface area contributed by atoms with Crippen LogP contribution in [0.2, 0.25) is 0 Å². The van der Waals surface area contributed by atoms with E-state index >= 15 is 0 Å². The maximum Gasteiger partial charge on any atom is 0.282 e. The van der Waals surface area contributed by atoms with Crippen molar-refractivity contribution in [2.75, 3.05) is 6.61 Å². The smallest absolute Gasteiger partial charge is 0.282 e. The summed E-state index contributed by atoms with van der Waals surface area (Å²) in [6.45, 7) is 10.1. The van der Waals surface area contributed by atoms with E-state index in [4.69, 9.17) is 9.72 Å². The lowest BCUT2D eigenvalue weighted by molar-refractivity contribution is 0.358. The first kappa shape index (κ1) is 22.9. The van der Waals surface area contributed by atoms with Crippen molar-refractivity contribution in [3.8, 4) is 5.75 Å². The Balaban J connectivity index is 2.13. The summed E-state index contributed by atoms with van der Waals surface area (Å²) in [5.74, 6) is 1.26. The molecule has 0 amide bonds. The summed E-state index contributed by atoms with van der Waals surface area (Å²) in [5.41, 5.74) is 0.850. The Morgan fingerprint density at radius 3 is 2.43 bits per heavy atom. The van der Waals surface area contributed by atoms with Crippen LogP contribution in [0.1, 0.15) is 32.2 Å². The molecule has 0 radical (unpaired) electrons. The average molecular weight is 598 g/mol. The lowest BCUT2D eigenvalue weighted by Gasteiger charge is -2.20. The van der Waals surface area contributed by atoms with Gasteiger partial charge in [-0.25, -0.2) is 4.98 Å². The summed E-state index contributed by atoms with van der Waals surface area (Å²) in [7, 11) is 0. The van der Waals surface area contributed by atoms with Crippen LogP contribution in [0.4, 0.5) is 0 Å². The van der Waals surface area contributed by atoms with E-state index in [1.165, 1.54) is 4.68 Å². The van der Waals surface area contributed by atoms with Crippen molar-refractivity contribution < 1.29 is 4.74 Å². The number of ether oxygens (including phenoxy) is 1. The first-order valence-electron chi connectivity index (χ1n) is 9.11. The lowest BCUT2D eigenvalue weighted by atomic mass is 9.95. The number of rotatable bonds is 5. The number of benzene rings is 2. The SMILES string of the molecule is C=CCOc1c(Br)cc(C=Nn2c(C(C)(C)C)nc3ccc(Br)cc3c2=O)cc1Br. The Morgan fingerprint density at radius 1 is 1.17 bits per heavy atom. The second-order valence-electron chi connectivity index (χ2n) is 7.62. The normalized spacial score (nSPS) is 11.9. The van der Waals surface area contributed by atoms with E-state index in [-0.39, 0.29) is 11.0 Å². The van der Waals surface area contributed by atoms with Crippen molar-refractivity contribution in [3.63, 3.8) is 0 Å². The van der Waals surface area contributed by atoms with Gasteiger partial charge in [0.1, 0.15) is 18.2 Å². The van der Waals surface area contributed by atoms with Gasteiger partial charge in [-0.1, -0.05) is 49.4 Å². The fourth-order valence-corrected chi connectivity index (χ4v) is 4.61. The van der Waals surface area contributed by atoms with Crippen molar-refractivity contribution in [1.82, 2.24) is 9.66 Å². The zero-order valence-electron chi connectivity index (χ0n) is 16.7. The molecule has 0 saturated heterocycles. The molecule has 0 fully saturated rings. The Labute approximate surface area is 200 Å². The van der Waals surface area contributed by atoms with Crippen LogP contribution >= 0.6 is 47.8 Å². The average Bonchev–Trinajstić information content (AvgIpc) is 2.66. The molecular weight excluding hydrogens is 578 g/mol. The predicted molar refractivity (Wildman–Crippen MR) is 133 cm³/mol. The van der Waals surface area contributed by atoms with Crippen LogP contribution in [0.3, 0.4) is 0 Å². The molecule has 1 aromatic heterocycles. The second-order valence-corrected chi connectivity index (χ2v) is 10.2. The van der Waals surface area contributed by atoms with E-state index in [1.807, 2.05) is 45.0 Å². The van der Waals surface area contributed by atoms with Crippen molar-refractivity contribution in [2.24, 2.45) is 5.10 Å². The molecule has 0 bridgehead atoms. The quantitative estimate of drug-likeness (QED) is 0.252. The molecule has 156 valence electrons. The van der Waals surface area contributed by atoms with Gasteiger partial charge < -0.3 is 4.74 Å². The summed E-state index contributed by atoms with van der Waals surface area (Å²) in [6, 6.07) is 9.22. The minimum atomic E-state index is -0.374. The summed E-state index contributed by atoms with van der Waals surface area (Å²) in [5, 5.41) is 5.00. The van der Waals surface area contributed by atoms with Crippen LogP contribution in [0.5, 0.6) is 5.75 Å². The number of halogens is 3. The highest BCUT2D eigenvalue weighted by Gasteiger charge is 2.23. The number of hydrogen-bond acceptors (Lipinski definition) is 4. The van der Waals surface area contributed by atoms with Crippen molar-refractivity contribution in [1.29, 1.82) is 0 Å². The molecule has 0 saturated carbocycles. The van der Waals surface area contributed by atoms with Gasteiger partial charge in [0, 0.05) is 9.89 Å². The second kappa shape index (κ2) is 9.16. The summed E-state index contributed by atoms with van der Waals surface area (Å²) < 4.78 is 9.38. The molecule has 0 N–H and O–H groups in total. The molecule has 8 heteroatoms. The van der Waals surface area contributed by atoms with E-state index in [9.17, 15) is 4.79 Å². The number of hydrogen-bond donors (Lipinski definition) is 0. The Hall–Kier alpha value is -1.77. The highest BCUT2D eigenvalue weighted by Crippen LogP contribution is 2.34. The van der Waals surface area contributed by atoms with Gasteiger partial charge in [0.2, 0.25) is 0 Å². The predicted octanol–water partition coefficient (Wildman–Crippen LogP) is 6.43. The van der Waals surface area contributed by atoms with Crippen molar-refractivity contribution in [2.45, 2.75) is 26.2 Å². The molecule has 0 aliphatic carbocycles. The van der Waals surface area contributed by atoms with Gasteiger partial charge in [-0.05, 0) is 67.8 Å². The van der Waals surface area contributed by atoms with Gasteiger partial charge in [-0.3, -0.25) is 4.79 Å². The molecule has 3 aromatic rings. The van der Waals surface area contributed by atoms with E-state index in [0.29, 0.717) is 29.1 Å². The van der Waals surface area contributed by atoms with Gasteiger partial charge in [-0.15, -0.1) is 0 Å². The maximum atomic E-state index is 13.2. The van der Waals surface area contributed by atoms with E-state index < -0.39 is 0 Å². The Kier molecular flexibility index (Phi) is 6.99. The molecule has 0 atom stereocenters. The fourth-order valence-electron chi connectivity index (χ4n) is 2.80. The van der Waals surface area contributed by atoms with Crippen LogP contribution in [-0.2, 0) is 5.41 Å². The van der Waals surface area contributed by atoms with Crippen LogP contribution < -0.4 is 10.3 Å².